The molecule has 0 aliphatic carbocycles. The van der Waals surface area contributed by atoms with E-state index in [-0.39, 0.29) is 6.61 Å². The van der Waals surface area contributed by atoms with Crippen LogP contribution >= 0.6 is 0 Å². The summed E-state index contributed by atoms with van der Waals surface area (Å²) >= 11 is 0. The van der Waals surface area contributed by atoms with Crippen molar-refractivity contribution >= 4 is 11.0 Å². The first kappa shape index (κ1) is 11.9. The molecule has 2 aromatic rings. The average Bonchev–Trinajstić information content (AvgIpc) is 2.59. The van der Waals surface area contributed by atoms with Gasteiger partial charge in [-0.25, -0.2) is 13.8 Å². The Morgan fingerprint density at radius 2 is 2.06 bits per heavy atom. The number of benzene rings is 1. The quantitative estimate of drug-likeness (QED) is 0.880. The van der Waals surface area contributed by atoms with Crippen LogP contribution in [0.4, 0.5) is 8.78 Å². The number of halogens is 2. The zero-order valence-electron chi connectivity index (χ0n) is 9.41. The minimum absolute atomic E-state index is 0.276. The summed E-state index contributed by atoms with van der Waals surface area (Å²) in [7, 11) is 1.54. The van der Waals surface area contributed by atoms with Gasteiger partial charge in [-0.3, -0.25) is 0 Å². The van der Waals surface area contributed by atoms with Gasteiger partial charge in [0.25, 0.3) is 0 Å². The van der Waals surface area contributed by atoms with E-state index >= 15 is 0 Å². The molecule has 2 N–H and O–H groups in total. The van der Waals surface area contributed by atoms with Gasteiger partial charge in [-0.1, -0.05) is 0 Å². The van der Waals surface area contributed by atoms with Crippen LogP contribution in [0.15, 0.2) is 12.1 Å². The number of fused-ring (bicyclic) bond motifs is 1. The van der Waals surface area contributed by atoms with E-state index in [0.717, 1.165) is 12.1 Å². The number of ether oxygens (including phenoxy) is 1. The molecule has 2 rings (SSSR count). The molecule has 0 atom stereocenters. The van der Waals surface area contributed by atoms with Gasteiger partial charge >= 0.3 is 0 Å². The van der Waals surface area contributed by atoms with Crippen molar-refractivity contribution in [3.63, 3.8) is 0 Å². The summed E-state index contributed by atoms with van der Waals surface area (Å²) in [5.41, 5.74) is 6.42. The highest BCUT2D eigenvalue weighted by Gasteiger charge is 2.13. The number of rotatable bonds is 4. The van der Waals surface area contributed by atoms with Crippen LogP contribution in [0.1, 0.15) is 5.82 Å². The van der Waals surface area contributed by atoms with E-state index in [9.17, 15) is 8.78 Å². The van der Waals surface area contributed by atoms with E-state index in [4.69, 9.17) is 10.5 Å². The minimum Gasteiger partial charge on any atom is -0.377 e. The van der Waals surface area contributed by atoms with Crippen LogP contribution in [0.3, 0.4) is 0 Å². The van der Waals surface area contributed by atoms with Gasteiger partial charge in [-0.05, 0) is 0 Å². The van der Waals surface area contributed by atoms with Crippen molar-refractivity contribution in [3.8, 4) is 0 Å². The number of nitrogens with zero attached hydrogens (tertiary/aromatic N) is 2. The van der Waals surface area contributed by atoms with Crippen molar-refractivity contribution in [2.75, 3.05) is 13.7 Å². The fourth-order valence-electron chi connectivity index (χ4n) is 1.79. The van der Waals surface area contributed by atoms with E-state index in [1.165, 1.54) is 7.11 Å². The van der Waals surface area contributed by atoms with Crippen LogP contribution in [0, 0.1) is 11.6 Å². The summed E-state index contributed by atoms with van der Waals surface area (Å²) in [5.74, 6) is -1.18. The summed E-state index contributed by atoms with van der Waals surface area (Å²) < 4.78 is 33.0. The molecule has 0 saturated carbocycles. The first-order valence-corrected chi connectivity index (χ1v) is 5.20. The molecule has 0 unspecified atom stereocenters. The Labute approximate surface area is 97.0 Å². The Bertz CT molecular complexity index is 539. The Balaban J connectivity index is 2.62. The number of methoxy groups -OCH3 is 1. The largest absolute Gasteiger partial charge is 0.377 e. The first-order valence-electron chi connectivity index (χ1n) is 5.20. The number of imidazole rings is 1. The van der Waals surface area contributed by atoms with Gasteiger partial charge in [-0.15, -0.1) is 0 Å². The molecule has 0 bridgehead atoms. The van der Waals surface area contributed by atoms with Crippen molar-refractivity contribution in [2.45, 2.75) is 13.2 Å². The second-order valence-corrected chi connectivity index (χ2v) is 3.66. The summed E-state index contributed by atoms with van der Waals surface area (Å²) in [5, 5.41) is 0. The molecule has 1 aromatic heterocycles. The number of hydrogen-bond donors (Lipinski definition) is 1. The topological polar surface area (TPSA) is 53.1 Å². The van der Waals surface area contributed by atoms with E-state index in [1.807, 2.05) is 0 Å². The Kier molecular flexibility index (Phi) is 3.35. The lowest BCUT2D eigenvalue weighted by atomic mass is 10.3. The fourth-order valence-corrected chi connectivity index (χ4v) is 1.79. The van der Waals surface area contributed by atoms with Crippen LogP contribution in [0.2, 0.25) is 0 Å². The van der Waals surface area contributed by atoms with Crippen molar-refractivity contribution in [1.29, 1.82) is 0 Å². The highest BCUT2D eigenvalue weighted by atomic mass is 19.2. The smallest absolute Gasteiger partial charge is 0.161 e. The maximum absolute atomic E-state index is 13.2. The third kappa shape index (κ3) is 2.13. The maximum Gasteiger partial charge on any atom is 0.161 e. The predicted octanol–water partition coefficient (Wildman–Crippen LogP) is 1.42. The van der Waals surface area contributed by atoms with Crippen LogP contribution in [0.25, 0.3) is 11.0 Å². The number of nitrogens with two attached hydrogens (primary N) is 1. The van der Waals surface area contributed by atoms with Gasteiger partial charge in [0, 0.05) is 32.3 Å². The molecule has 17 heavy (non-hydrogen) atoms. The average molecular weight is 241 g/mol. The number of aromatic nitrogens is 2. The molecule has 0 aliphatic heterocycles. The molecule has 0 spiro atoms. The summed E-state index contributed by atoms with van der Waals surface area (Å²) in [6, 6.07) is 2.21. The summed E-state index contributed by atoms with van der Waals surface area (Å²) in [4.78, 5) is 4.20. The molecule has 1 aromatic carbocycles. The molecule has 4 nitrogen and oxygen atoms in total. The van der Waals surface area contributed by atoms with E-state index in [0.29, 0.717) is 29.9 Å². The lowest BCUT2D eigenvalue weighted by Crippen LogP contribution is -2.13. The van der Waals surface area contributed by atoms with Gasteiger partial charge in [0.15, 0.2) is 11.6 Å². The van der Waals surface area contributed by atoms with Crippen molar-refractivity contribution in [1.82, 2.24) is 9.55 Å². The second kappa shape index (κ2) is 4.77. The first-order chi connectivity index (χ1) is 8.17. The maximum atomic E-state index is 13.2. The van der Waals surface area contributed by atoms with Crippen LogP contribution in [0.5, 0.6) is 0 Å². The van der Waals surface area contributed by atoms with Gasteiger partial charge in [0.1, 0.15) is 12.4 Å². The zero-order chi connectivity index (χ0) is 12.4. The number of hydrogen-bond acceptors (Lipinski definition) is 3. The molecule has 0 radical (unpaired) electrons. The summed E-state index contributed by atoms with van der Waals surface area (Å²) in [6.45, 7) is 1.15. The normalized spacial score (nSPS) is 11.3. The predicted molar refractivity (Wildman–Crippen MR) is 59.4 cm³/mol. The van der Waals surface area contributed by atoms with Crippen molar-refractivity contribution in [3.05, 3.63) is 29.6 Å². The molecule has 1 heterocycles. The van der Waals surface area contributed by atoms with Gasteiger partial charge in [-0.2, -0.15) is 0 Å². The molecular weight excluding hydrogens is 228 g/mol. The SMILES string of the molecule is COCc1nc2cc(F)c(F)cc2n1CCN. The van der Waals surface area contributed by atoms with Crippen molar-refractivity contribution < 1.29 is 13.5 Å². The van der Waals surface area contributed by atoms with E-state index in [1.54, 1.807) is 4.57 Å². The lowest BCUT2D eigenvalue weighted by molar-refractivity contribution is 0.175. The standard InChI is InChI=1S/C11H13F2N3O/c1-17-6-11-15-9-4-7(12)8(13)5-10(9)16(11)3-2-14/h4-5H,2-3,6,14H2,1H3. The van der Waals surface area contributed by atoms with Gasteiger partial charge in [0.05, 0.1) is 11.0 Å². The monoisotopic (exact) mass is 241 g/mol. The van der Waals surface area contributed by atoms with Crippen LogP contribution in [-0.4, -0.2) is 23.2 Å². The molecule has 6 heteroatoms. The second-order valence-electron chi connectivity index (χ2n) is 3.66. The Hall–Kier alpha value is -1.53. The zero-order valence-corrected chi connectivity index (χ0v) is 9.41. The molecule has 0 saturated heterocycles. The highest BCUT2D eigenvalue weighted by molar-refractivity contribution is 5.76. The highest BCUT2D eigenvalue weighted by Crippen LogP contribution is 2.20. The molecular formula is C11H13F2N3O. The molecule has 0 amide bonds. The van der Waals surface area contributed by atoms with Crippen LogP contribution < -0.4 is 5.73 Å². The Morgan fingerprint density at radius 3 is 2.71 bits per heavy atom. The van der Waals surface area contributed by atoms with Gasteiger partial charge < -0.3 is 15.0 Å². The van der Waals surface area contributed by atoms with Crippen molar-refractivity contribution in [2.24, 2.45) is 5.73 Å². The van der Waals surface area contributed by atoms with E-state index < -0.39 is 11.6 Å². The third-order valence-corrected chi connectivity index (χ3v) is 2.50. The molecule has 0 aliphatic rings. The van der Waals surface area contributed by atoms with E-state index in [2.05, 4.69) is 4.98 Å². The third-order valence-electron chi connectivity index (χ3n) is 2.50. The molecule has 92 valence electrons. The molecule has 0 fully saturated rings. The minimum atomic E-state index is -0.904. The summed E-state index contributed by atoms with van der Waals surface area (Å²) in [6.07, 6.45) is 0. The lowest BCUT2D eigenvalue weighted by Gasteiger charge is -2.06. The fraction of sp³-hybridized carbons (Fsp3) is 0.364. The van der Waals surface area contributed by atoms with Gasteiger partial charge in [0.2, 0.25) is 0 Å². The van der Waals surface area contributed by atoms with Crippen LogP contribution in [-0.2, 0) is 17.9 Å². The Morgan fingerprint density at radius 1 is 1.35 bits per heavy atom.